The van der Waals surface area contributed by atoms with Gasteiger partial charge >= 0.3 is 0 Å². The Kier molecular flexibility index (Phi) is 9.80. The van der Waals surface area contributed by atoms with Gasteiger partial charge in [-0.25, -0.2) is 19.9 Å². The van der Waals surface area contributed by atoms with Crippen LogP contribution in [0.2, 0.25) is 0 Å². The first-order valence-corrected chi connectivity index (χ1v) is 31.5. The van der Waals surface area contributed by atoms with Crippen LogP contribution in [0.4, 0.5) is 11.5 Å². The van der Waals surface area contributed by atoms with Crippen molar-refractivity contribution in [2.24, 2.45) is 5.92 Å². The average Bonchev–Trinajstić information content (AvgIpc) is 1.54. The van der Waals surface area contributed by atoms with Crippen LogP contribution < -0.4 is 15.3 Å². The van der Waals surface area contributed by atoms with Crippen LogP contribution in [0.3, 0.4) is 0 Å². The molecule has 3 aromatic heterocycles. The fourth-order valence-corrected chi connectivity index (χ4v) is 16.5. The van der Waals surface area contributed by atoms with Gasteiger partial charge in [0.2, 0.25) is 0 Å². The van der Waals surface area contributed by atoms with Crippen molar-refractivity contribution < 1.29 is 0 Å². The molecule has 0 radical (unpaired) electrons. The van der Waals surface area contributed by atoms with E-state index < -0.39 is 0 Å². The maximum Gasteiger partial charge on any atom is 0.165 e. The number of para-hydroxylation sites is 4. The summed E-state index contributed by atoms with van der Waals surface area (Å²) in [6.45, 7) is 2.45. The van der Waals surface area contributed by atoms with Crippen molar-refractivity contribution >= 4 is 110 Å². The number of hydrogen-bond acceptors (Lipinski definition) is 5. The number of rotatable bonds is 5. The molecule has 0 saturated carbocycles. The highest BCUT2D eigenvalue weighted by Gasteiger charge is 2.46. The van der Waals surface area contributed by atoms with E-state index in [1.54, 1.807) is 0 Å². The molecule has 4 aliphatic rings. The summed E-state index contributed by atoms with van der Waals surface area (Å²) < 4.78 is 2.41. The third kappa shape index (κ3) is 6.80. The summed E-state index contributed by atoms with van der Waals surface area (Å²) in [4.78, 5) is 24.8. The van der Waals surface area contributed by atoms with Crippen LogP contribution in [0, 0.1) is 5.92 Å². The first-order chi connectivity index (χ1) is 45.0. The summed E-state index contributed by atoms with van der Waals surface area (Å²) in [5, 5.41) is 14.7. The first-order valence-electron chi connectivity index (χ1n) is 31.5. The zero-order valence-corrected chi connectivity index (χ0v) is 49.3. The molecule has 2 atom stereocenters. The van der Waals surface area contributed by atoms with Crippen LogP contribution >= 0.6 is 0 Å². The average molecular weight is 1160 g/mol. The Morgan fingerprint density at radius 3 is 1.68 bits per heavy atom. The van der Waals surface area contributed by atoms with Gasteiger partial charge in [-0.3, -0.25) is 4.57 Å². The molecular formula is C85H50N6. The van der Waals surface area contributed by atoms with Gasteiger partial charge in [-0.2, -0.15) is 0 Å². The van der Waals surface area contributed by atoms with Crippen molar-refractivity contribution in [2.45, 2.75) is 13.0 Å². The van der Waals surface area contributed by atoms with Crippen molar-refractivity contribution in [1.82, 2.24) is 24.5 Å². The van der Waals surface area contributed by atoms with Gasteiger partial charge in [0.05, 0.1) is 44.8 Å². The van der Waals surface area contributed by atoms with Gasteiger partial charge in [0.15, 0.2) is 11.6 Å². The predicted octanol–water partition coefficient (Wildman–Crippen LogP) is 19.5. The van der Waals surface area contributed by atoms with E-state index >= 15 is 0 Å². The van der Waals surface area contributed by atoms with Gasteiger partial charge in [-0.05, 0) is 188 Å². The molecule has 0 amide bonds. The highest BCUT2D eigenvalue weighted by Crippen LogP contribution is 2.55. The topological polar surface area (TPSA) is 59.7 Å². The van der Waals surface area contributed by atoms with E-state index in [1.165, 1.54) is 126 Å². The molecule has 0 N–H and O–H groups in total. The van der Waals surface area contributed by atoms with Crippen molar-refractivity contribution in [3.05, 3.63) is 295 Å². The predicted molar refractivity (Wildman–Crippen MR) is 375 cm³/mol. The first kappa shape index (κ1) is 49.2. The highest BCUT2D eigenvalue weighted by molar-refractivity contribution is 6.30. The minimum absolute atomic E-state index is 0.0667. The second kappa shape index (κ2) is 18.1. The van der Waals surface area contributed by atoms with E-state index in [0.717, 1.165) is 78.3 Å². The summed E-state index contributed by atoms with van der Waals surface area (Å²) in [6, 6.07) is 100. The molecule has 91 heavy (non-hydrogen) atoms. The molecule has 4 heterocycles. The Labute approximate surface area is 522 Å². The van der Waals surface area contributed by atoms with E-state index in [0.29, 0.717) is 0 Å². The summed E-state index contributed by atoms with van der Waals surface area (Å²) >= 11 is 0. The van der Waals surface area contributed by atoms with Gasteiger partial charge in [0, 0.05) is 33.4 Å². The Balaban J connectivity index is 0.754. The van der Waals surface area contributed by atoms with E-state index in [-0.39, 0.29) is 12.0 Å². The maximum atomic E-state index is 5.69. The van der Waals surface area contributed by atoms with Crippen LogP contribution in [0.15, 0.2) is 273 Å². The lowest BCUT2D eigenvalue weighted by atomic mass is 9.79. The minimum atomic E-state index is -0.0765. The molecular weight excluding hydrogens is 1100 g/mol. The number of fused-ring (bicyclic) bond motifs is 18. The molecule has 6 heteroatoms. The second-order valence-corrected chi connectivity index (χ2v) is 25.2. The molecule has 3 aliphatic carbocycles. The van der Waals surface area contributed by atoms with Crippen LogP contribution in [0.25, 0.3) is 171 Å². The molecule has 6 nitrogen and oxygen atoms in total. The molecule has 0 bridgehead atoms. The van der Waals surface area contributed by atoms with E-state index in [4.69, 9.17) is 19.9 Å². The number of anilines is 2. The summed E-state index contributed by atoms with van der Waals surface area (Å²) in [5.41, 5.74) is 25.9. The normalized spacial score (nSPS) is 15.0. The molecule has 14 aromatic carbocycles. The van der Waals surface area contributed by atoms with Gasteiger partial charge in [-0.15, -0.1) is 0 Å². The van der Waals surface area contributed by atoms with Gasteiger partial charge in [0.1, 0.15) is 11.4 Å². The lowest BCUT2D eigenvalue weighted by Crippen LogP contribution is -2.45. The lowest BCUT2D eigenvalue weighted by molar-refractivity contribution is 0.645. The molecule has 0 saturated heterocycles. The largest absolute Gasteiger partial charge is 0.316 e. The molecule has 1 aliphatic heterocycles. The Morgan fingerprint density at radius 2 is 0.890 bits per heavy atom. The van der Waals surface area contributed by atoms with Gasteiger partial charge in [0.25, 0.3) is 0 Å². The summed E-state index contributed by atoms with van der Waals surface area (Å²) in [5.74, 6) is 1.74. The standard InChI is InChI=1S/C85H50N6/c1-47-76-62-38-37-54(41-65(62)61-26-16-28-64(79(61)76)80-68-42-51-21-7-8-22-52(51)44-74(68)91(83(47)80)85-82(87-70-30-12-14-32-72(70)89-85)56-36-33-48-17-5-6-20-50(48)39-56)53-34-35-55-43-67-73(45-57(55)40-53)90(84-81(49-18-3-2-4-19-49)86-69-29-11-13-31-71(69)88-84)75-46-66-59-24-10-9-23-58(59)60-25-15-27-63(77(60)66)78(67)75/h2-47,83H,1H3. The Morgan fingerprint density at radius 1 is 0.308 bits per heavy atom. The van der Waals surface area contributed by atoms with Crippen molar-refractivity contribution in [1.29, 1.82) is 0 Å². The number of nitrogens with zero attached hydrogens (tertiary/aromatic N) is 6. The molecule has 2 unspecified atom stereocenters. The molecule has 21 rings (SSSR count). The van der Waals surface area contributed by atoms with Gasteiger partial charge < -0.3 is 4.90 Å². The second-order valence-electron chi connectivity index (χ2n) is 25.2. The third-order valence-corrected chi connectivity index (χ3v) is 20.4. The molecule has 0 fully saturated rings. The van der Waals surface area contributed by atoms with E-state index in [1.807, 2.05) is 6.07 Å². The summed E-state index contributed by atoms with van der Waals surface area (Å²) in [6.07, 6.45) is 0. The van der Waals surface area contributed by atoms with E-state index in [9.17, 15) is 0 Å². The Bertz CT molecular complexity index is 6320. The lowest BCUT2D eigenvalue weighted by Gasteiger charge is -2.35. The van der Waals surface area contributed by atoms with Crippen LogP contribution in [-0.4, -0.2) is 30.5 Å². The minimum Gasteiger partial charge on any atom is -0.316 e. The number of benzene rings is 14. The van der Waals surface area contributed by atoms with Crippen molar-refractivity contribution in [3.63, 3.8) is 0 Å². The van der Waals surface area contributed by atoms with Crippen molar-refractivity contribution in [2.75, 3.05) is 4.90 Å². The maximum absolute atomic E-state index is 5.69. The smallest absolute Gasteiger partial charge is 0.165 e. The zero-order chi connectivity index (χ0) is 59.3. The molecule has 0 spiro atoms. The zero-order valence-electron chi connectivity index (χ0n) is 49.3. The van der Waals surface area contributed by atoms with Crippen LogP contribution in [0.1, 0.15) is 18.1 Å². The third-order valence-electron chi connectivity index (χ3n) is 20.4. The monoisotopic (exact) mass is 1150 g/mol. The summed E-state index contributed by atoms with van der Waals surface area (Å²) in [7, 11) is 0. The molecule has 17 aromatic rings. The number of aromatic nitrogens is 5. The SMILES string of the molecule is CC1C2=c3c(cccc3=C3c4cc5ccccc5cc4N(c4nc5ccccc5nc4-c4ccc5ccccc5c4)C31)-c1cc(-c3ccc4cc5c6c7cccc8c7c(cc6n(-c6nc7ccccc7nc6-c6ccccc6)c5cc4c3)-c3ccccc3-8)ccc12. The van der Waals surface area contributed by atoms with E-state index in [2.05, 4.69) is 283 Å². The quantitative estimate of drug-likeness (QED) is 0.172. The van der Waals surface area contributed by atoms with Crippen molar-refractivity contribution in [3.8, 4) is 72.8 Å². The van der Waals surface area contributed by atoms with Crippen LogP contribution in [0.5, 0.6) is 0 Å². The number of hydrogen-bond donors (Lipinski definition) is 0. The Hall–Kier alpha value is -11.9. The fraction of sp³-hybridized carbons (Fsp3) is 0.0353. The van der Waals surface area contributed by atoms with Crippen LogP contribution in [-0.2, 0) is 0 Å². The molecule has 420 valence electrons. The highest BCUT2D eigenvalue weighted by atomic mass is 15.3. The van der Waals surface area contributed by atoms with Gasteiger partial charge in [-0.1, -0.05) is 207 Å². The fourth-order valence-electron chi connectivity index (χ4n) is 16.5.